The van der Waals surface area contributed by atoms with Gasteiger partial charge < -0.3 is 9.47 Å². The van der Waals surface area contributed by atoms with Crippen LogP contribution >= 0.6 is 0 Å². The summed E-state index contributed by atoms with van der Waals surface area (Å²) in [7, 11) is 0. The number of hydrogen-bond donors (Lipinski definition) is 0. The van der Waals surface area contributed by atoms with Crippen molar-refractivity contribution in [1.82, 2.24) is 0 Å². The lowest BCUT2D eigenvalue weighted by molar-refractivity contribution is -0.317. The third-order valence-corrected chi connectivity index (χ3v) is 3.22. The van der Waals surface area contributed by atoms with Crippen molar-refractivity contribution in [2.24, 2.45) is 0 Å². The summed E-state index contributed by atoms with van der Waals surface area (Å²) in [5.41, 5.74) is 0.449. The van der Waals surface area contributed by atoms with Crippen LogP contribution in [0.5, 0.6) is 11.5 Å². The number of carbonyl (C=O) groups is 2. The molecule has 0 atom stereocenters. The Labute approximate surface area is 162 Å². The van der Waals surface area contributed by atoms with E-state index in [0.29, 0.717) is 24.7 Å². The molecule has 0 unspecified atom stereocenters. The molecular formula is C20H20O8. The predicted molar refractivity (Wildman–Crippen MR) is 97.4 cm³/mol. The lowest BCUT2D eigenvalue weighted by Gasteiger charge is -2.08. The van der Waals surface area contributed by atoms with Gasteiger partial charge in [0.05, 0.1) is 24.3 Å². The maximum atomic E-state index is 11.9. The predicted octanol–water partition coefficient (Wildman–Crippen LogP) is 3.83. The zero-order valence-corrected chi connectivity index (χ0v) is 15.5. The summed E-state index contributed by atoms with van der Waals surface area (Å²) in [5.74, 6) is -0.863. The molecule has 2 aromatic carbocycles. The first-order chi connectivity index (χ1) is 13.5. The molecule has 2 rings (SSSR count). The van der Waals surface area contributed by atoms with E-state index >= 15 is 0 Å². The van der Waals surface area contributed by atoms with Crippen LogP contribution < -0.4 is 9.47 Å². The third kappa shape index (κ3) is 6.24. The van der Waals surface area contributed by atoms with Crippen LogP contribution in [0.15, 0.2) is 61.1 Å². The topological polar surface area (TPSA) is 89.5 Å². The molecule has 0 aliphatic heterocycles. The Hall–Kier alpha value is -3.68. The van der Waals surface area contributed by atoms with Gasteiger partial charge in [0.2, 0.25) is 0 Å². The van der Waals surface area contributed by atoms with Gasteiger partial charge in [-0.25, -0.2) is 29.1 Å². The summed E-state index contributed by atoms with van der Waals surface area (Å²) in [5, 5.41) is 0. The van der Waals surface area contributed by atoms with Crippen molar-refractivity contribution in [1.29, 1.82) is 0 Å². The van der Waals surface area contributed by atoms with Gasteiger partial charge in [-0.2, -0.15) is 0 Å². The van der Waals surface area contributed by atoms with Crippen LogP contribution in [0.1, 0.15) is 34.6 Å². The Morgan fingerprint density at radius 2 is 1.04 bits per heavy atom. The Balaban J connectivity index is 1.75. The summed E-state index contributed by atoms with van der Waals surface area (Å²) >= 11 is 0. The third-order valence-electron chi connectivity index (χ3n) is 3.22. The summed E-state index contributed by atoms with van der Waals surface area (Å²) in [6, 6.07) is 12.5. The van der Waals surface area contributed by atoms with Gasteiger partial charge >= 0.3 is 17.9 Å². The van der Waals surface area contributed by atoms with E-state index in [2.05, 4.69) is 26.1 Å². The summed E-state index contributed by atoms with van der Waals surface area (Å²) < 4.78 is 10.6. The van der Waals surface area contributed by atoms with Crippen LogP contribution in [0.25, 0.3) is 0 Å². The quantitative estimate of drug-likeness (QED) is 0.345. The molecule has 0 heterocycles. The van der Waals surface area contributed by atoms with Crippen molar-refractivity contribution in [3.05, 3.63) is 72.2 Å². The normalized spacial score (nSPS) is 9.79. The molecule has 2 aromatic rings. The fourth-order valence-corrected chi connectivity index (χ4v) is 1.99. The van der Waals surface area contributed by atoms with Gasteiger partial charge in [0.25, 0.3) is 0 Å². The number of hydrogen-bond acceptors (Lipinski definition) is 8. The SMILES string of the molecule is C=C(OOC(=O)c1ccc(OCC)cc1)OOC(=O)c1ccc(OCC)cc1. The highest BCUT2D eigenvalue weighted by Gasteiger charge is 2.14. The smallest absolute Gasteiger partial charge is 0.386 e. The average Bonchev–Trinajstić information content (AvgIpc) is 2.72. The van der Waals surface area contributed by atoms with Crippen LogP contribution in [0, 0.1) is 0 Å². The fraction of sp³-hybridized carbons (Fsp3) is 0.200. The minimum Gasteiger partial charge on any atom is -0.494 e. The largest absolute Gasteiger partial charge is 0.494 e. The Morgan fingerprint density at radius 1 is 0.679 bits per heavy atom. The van der Waals surface area contributed by atoms with Crippen LogP contribution in [-0.2, 0) is 19.6 Å². The molecule has 0 saturated heterocycles. The molecule has 0 aliphatic carbocycles. The maximum absolute atomic E-state index is 11.9. The van der Waals surface area contributed by atoms with E-state index in [4.69, 9.17) is 9.47 Å². The standard InChI is InChI=1S/C20H20O8/c1-4-23-17-10-6-15(7-11-17)19(21)27-25-14(3)26-28-20(22)16-8-12-18(13-9-16)24-5-2/h6-13H,3-5H2,1-2H3. The summed E-state index contributed by atoms with van der Waals surface area (Å²) in [6.45, 7) is 8.05. The van der Waals surface area contributed by atoms with E-state index in [1.165, 1.54) is 24.3 Å². The van der Waals surface area contributed by atoms with Crippen molar-refractivity contribution in [2.75, 3.05) is 13.2 Å². The van der Waals surface area contributed by atoms with Gasteiger partial charge in [-0.3, -0.25) is 0 Å². The molecule has 0 aliphatic rings. The van der Waals surface area contributed by atoms with E-state index in [1.54, 1.807) is 24.3 Å². The number of carbonyl (C=O) groups excluding carboxylic acids is 2. The van der Waals surface area contributed by atoms with Gasteiger partial charge in [-0.1, -0.05) is 0 Å². The Kier molecular flexibility index (Phi) is 7.71. The van der Waals surface area contributed by atoms with Crippen molar-refractivity contribution in [3.63, 3.8) is 0 Å². The van der Waals surface area contributed by atoms with E-state index in [1.807, 2.05) is 13.8 Å². The second-order valence-corrected chi connectivity index (χ2v) is 5.20. The molecule has 0 saturated carbocycles. The van der Waals surface area contributed by atoms with Gasteiger partial charge in [0, 0.05) is 0 Å². The second-order valence-electron chi connectivity index (χ2n) is 5.20. The van der Waals surface area contributed by atoms with Crippen molar-refractivity contribution >= 4 is 11.9 Å². The van der Waals surface area contributed by atoms with Crippen LogP contribution in [0.2, 0.25) is 0 Å². The molecule has 8 heteroatoms. The van der Waals surface area contributed by atoms with Crippen molar-refractivity contribution in [2.45, 2.75) is 13.8 Å². The lowest BCUT2D eigenvalue weighted by atomic mass is 10.2. The zero-order valence-electron chi connectivity index (χ0n) is 15.5. The minimum atomic E-state index is -0.786. The van der Waals surface area contributed by atoms with Gasteiger partial charge in [-0.05, 0) is 69.0 Å². The molecule has 0 radical (unpaired) electrons. The minimum absolute atomic E-state index is 0.225. The first-order valence-electron chi connectivity index (χ1n) is 8.45. The molecule has 0 spiro atoms. The zero-order chi connectivity index (χ0) is 20.4. The molecule has 0 bridgehead atoms. The van der Waals surface area contributed by atoms with Crippen molar-refractivity contribution in [3.8, 4) is 11.5 Å². The molecule has 28 heavy (non-hydrogen) atoms. The van der Waals surface area contributed by atoms with Gasteiger partial charge in [0.15, 0.2) is 0 Å². The number of benzene rings is 2. The first kappa shape index (κ1) is 20.6. The molecule has 8 nitrogen and oxygen atoms in total. The highest BCUT2D eigenvalue weighted by molar-refractivity contribution is 5.89. The van der Waals surface area contributed by atoms with E-state index in [0.717, 1.165) is 0 Å². The van der Waals surface area contributed by atoms with Crippen LogP contribution in [0.4, 0.5) is 0 Å². The Bertz CT molecular complexity index is 728. The number of rotatable bonds is 10. The summed E-state index contributed by atoms with van der Waals surface area (Å²) in [6.07, 6.45) is 0. The Morgan fingerprint density at radius 3 is 1.36 bits per heavy atom. The fourth-order valence-electron chi connectivity index (χ4n) is 1.99. The van der Waals surface area contributed by atoms with Crippen molar-refractivity contribution < 1.29 is 38.6 Å². The second kappa shape index (κ2) is 10.5. The van der Waals surface area contributed by atoms with Crippen LogP contribution in [-0.4, -0.2) is 25.2 Å². The van der Waals surface area contributed by atoms with Gasteiger partial charge in [0.1, 0.15) is 11.5 Å². The molecule has 0 amide bonds. The van der Waals surface area contributed by atoms with E-state index < -0.39 is 17.9 Å². The molecule has 0 fully saturated rings. The maximum Gasteiger partial charge on any atom is 0.386 e. The molecular weight excluding hydrogens is 368 g/mol. The first-order valence-corrected chi connectivity index (χ1v) is 8.45. The molecule has 148 valence electrons. The molecule has 0 aromatic heterocycles. The van der Waals surface area contributed by atoms with E-state index in [9.17, 15) is 9.59 Å². The average molecular weight is 388 g/mol. The van der Waals surface area contributed by atoms with E-state index in [-0.39, 0.29) is 11.1 Å². The van der Waals surface area contributed by atoms with Crippen LogP contribution in [0.3, 0.4) is 0 Å². The molecule has 0 N–H and O–H groups in total. The highest BCUT2D eigenvalue weighted by Crippen LogP contribution is 2.15. The summed E-state index contributed by atoms with van der Waals surface area (Å²) in [4.78, 5) is 42.0. The lowest BCUT2D eigenvalue weighted by Crippen LogP contribution is -2.10. The number of ether oxygens (including phenoxy) is 2. The monoisotopic (exact) mass is 388 g/mol. The van der Waals surface area contributed by atoms with Gasteiger partial charge in [-0.15, -0.1) is 0 Å². The highest BCUT2D eigenvalue weighted by atomic mass is 17.3.